The molecule has 9 nitrogen and oxygen atoms in total. The molecule has 2 aliphatic heterocycles. The normalized spacial score (nSPS) is 22.4. The molecule has 2 unspecified atom stereocenters. The zero-order valence-electron chi connectivity index (χ0n) is 25.6. The zero-order chi connectivity index (χ0) is 30.8. The highest BCUT2D eigenvalue weighted by Gasteiger charge is 2.43. The third-order valence-electron chi connectivity index (χ3n) is 8.56. The lowest BCUT2D eigenvalue weighted by atomic mass is 9.95. The molecule has 0 N–H and O–H groups in total. The first-order valence-electron chi connectivity index (χ1n) is 15.5. The minimum atomic E-state index is -0.720. The second kappa shape index (κ2) is 12.7. The van der Waals surface area contributed by atoms with Crippen LogP contribution in [0.25, 0.3) is 0 Å². The highest BCUT2D eigenvalue weighted by atomic mass is 35.5. The summed E-state index contributed by atoms with van der Waals surface area (Å²) in [5.41, 5.74) is 3.83. The number of amides is 2. The minimum Gasteiger partial charge on any atom is -0.487 e. The number of piperazine rings is 1. The fourth-order valence-corrected chi connectivity index (χ4v) is 6.78. The molecule has 3 atom stereocenters. The highest BCUT2D eigenvalue weighted by molar-refractivity contribution is 6.30. The molecule has 1 aliphatic carbocycles. The number of pyridine rings is 2. The summed E-state index contributed by atoms with van der Waals surface area (Å²) < 4.78 is 12.0. The van der Waals surface area contributed by atoms with Gasteiger partial charge in [-0.2, -0.15) is 0 Å². The Balaban J connectivity index is 1.31. The van der Waals surface area contributed by atoms with Gasteiger partial charge in [0.05, 0.1) is 29.5 Å². The van der Waals surface area contributed by atoms with Gasteiger partial charge in [-0.15, -0.1) is 0 Å². The van der Waals surface area contributed by atoms with Gasteiger partial charge in [0.15, 0.2) is 0 Å². The molecule has 2 aromatic heterocycles. The van der Waals surface area contributed by atoms with Gasteiger partial charge in [0.25, 0.3) is 0 Å². The van der Waals surface area contributed by atoms with Crippen LogP contribution in [0.4, 0.5) is 4.79 Å². The number of piperidine rings is 1. The van der Waals surface area contributed by atoms with Crippen LogP contribution < -0.4 is 4.74 Å². The van der Waals surface area contributed by atoms with E-state index in [4.69, 9.17) is 26.1 Å². The molecule has 1 aromatic carbocycles. The molecule has 44 heavy (non-hydrogen) atoms. The molecule has 2 amide bonds. The van der Waals surface area contributed by atoms with Crippen molar-refractivity contribution in [2.24, 2.45) is 0 Å². The first kappa shape index (κ1) is 30.3. The van der Waals surface area contributed by atoms with Gasteiger partial charge in [-0.3, -0.25) is 24.6 Å². The molecule has 0 spiro atoms. The van der Waals surface area contributed by atoms with Crippen molar-refractivity contribution in [2.75, 3.05) is 32.7 Å². The van der Waals surface area contributed by atoms with Gasteiger partial charge in [0, 0.05) is 38.6 Å². The van der Waals surface area contributed by atoms with E-state index in [1.807, 2.05) is 43.9 Å². The van der Waals surface area contributed by atoms with E-state index in [2.05, 4.69) is 34.1 Å². The summed E-state index contributed by atoms with van der Waals surface area (Å²) in [6.07, 6.45) is 7.85. The summed E-state index contributed by atoms with van der Waals surface area (Å²) in [6.45, 7) is 7.87. The number of carbonyl (C=O) groups excluding carboxylic acids is 2. The van der Waals surface area contributed by atoms with Gasteiger partial charge in [-0.05, 0) is 81.3 Å². The number of ether oxygens (including phenoxy) is 2. The van der Waals surface area contributed by atoms with Crippen LogP contribution in [0.5, 0.6) is 5.75 Å². The molecule has 3 aliphatic rings. The number of likely N-dealkylation sites (tertiary alicyclic amines) is 1. The second-order valence-electron chi connectivity index (χ2n) is 12.8. The summed E-state index contributed by atoms with van der Waals surface area (Å²) in [7, 11) is 0. The Hall–Kier alpha value is -3.69. The van der Waals surface area contributed by atoms with Crippen molar-refractivity contribution in [2.45, 2.75) is 70.2 Å². The van der Waals surface area contributed by atoms with Gasteiger partial charge in [-0.1, -0.05) is 35.9 Å². The molecule has 232 valence electrons. The van der Waals surface area contributed by atoms with E-state index in [0.29, 0.717) is 43.5 Å². The number of fused-ring (bicyclic) bond motifs is 2. The fraction of sp³-hybridized carbons (Fsp3) is 0.471. The number of aryl methyl sites for hydroxylation is 2. The van der Waals surface area contributed by atoms with Crippen LogP contribution >= 0.6 is 11.6 Å². The van der Waals surface area contributed by atoms with Crippen LogP contribution in [0.15, 0.2) is 61.1 Å². The topological polar surface area (TPSA) is 88.1 Å². The van der Waals surface area contributed by atoms with Crippen molar-refractivity contribution >= 4 is 23.6 Å². The average Bonchev–Trinajstić information content (AvgIpc) is 3.17. The van der Waals surface area contributed by atoms with Crippen molar-refractivity contribution in [3.05, 3.63) is 88.5 Å². The number of halogens is 1. The highest BCUT2D eigenvalue weighted by Crippen LogP contribution is 2.38. The van der Waals surface area contributed by atoms with Crippen LogP contribution in [0.3, 0.4) is 0 Å². The molecular formula is C34H40ClN5O4. The Kier molecular flexibility index (Phi) is 8.78. The number of hydrogen-bond acceptors (Lipinski definition) is 7. The average molecular weight is 618 g/mol. The van der Waals surface area contributed by atoms with Crippen molar-refractivity contribution < 1.29 is 19.1 Å². The van der Waals surface area contributed by atoms with Crippen LogP contribution in [0.2, 0.25) is 5.02 Å². The molecule has 10 heteroatoms. The second-order valence-corrected chi connectivity index (χ2v) is 13.3. The van der Waals surface area contributed by atoms with Gasteiger partial charge in [0.2, 0.25) is 5.91 Å². The standard InChI is InChI=1S/C34H40ClN5O4/c1-34(2,3)44-33(42)40-17-16-38(31-28-11-5-4-8-23(28)12-13-24-18-25(35)19-37-30(24)31)22-29(40)32(41)39-15-7-10-27(21-39)43-26-9-6-14-36-20-26/h4-6,8-9,11,14,18-20,27,29,31H,7,10,12-13,15-17,21-22H2,1-3H3/t27?,29-,31?/m1/s1. The van der Waals surface area contributed by atoms with E-state index in [9.17, 15) is 9.59 Å². The first-order chi connectivity index (χ1) is 21.2. The summed E-state index contributed by atoms with van der Waals surface area (Å²) in [6, 6.07) is 13.3. The molecule has 0 radical (unpaired) electrons. The maximum absolute atomic E-state index is 14.4. The van der Waals surface area contributed by atoms with Crippen LogP contribution in [0, 0.1) is 0 Å². The number of rotatable bonds is 4. The van der Waals surface area contributed by atoms with Crippen LogP contribution in [0.1, 0.15) is 62.0 Å². The number of carbonyl (C=O) groups is 2. The minimum absolute atomic E-state index is 0.0914. The Morgan fingerprint density at radius 2 is 1.80 bits per heavy atom. The van der Waals surface area contributed by atoms with E-state index in [1.54, 1.807) is 23.5 Å². The Morgan fingerprint density at radius 3 is 2.59 bits per heavy atom. The summed E-state index contributed by atoms with van der Waals surface area (Å²) >= 11 is 6.40. The third kappa shape index (κ3) is 6.69. The third-order valence-corrected chi connectivity index (χ3v) is 8.76. The SMILES string of the molecule is CC(C)(C)OC(=O)N1CCN(C2c3ccccc3CCc3cc(Cl)cnc32)C[C@@H]1C(=O)N1CCCC(Oc2cccnc2)C1. The Bertz CT molecular complexity index is 1500. The quantitative estimate of drug-likeness (QED) is 0.392. The Morgan fingerprint density at radius 1 is 0.977 bits per heavy atom. The zero-order valence-corrected chi connectivity index (χ0v) is 26.4. The summed E-state index contributed by atoms with van der Waals surface area (Å²) in [5, 5.41) is 0.615. The van der Waals surface area contributed by atoms with Gasteiger partial charge < -0.3 is 14.4 Å². The van der Waals surface area contributed by atoms with Gasteiger partial charge >= 0.3 is 6.09 Å². The smallest absolute Gasteiger partial charge is 0.411 e. The predicted octanol–water partition coefficient (Wildman–Crippen LogP) is 5.31. The molecule has 0 saturated carbocycles. The number of hydrogen-bond donors (Lipinski definition) is 0. The van der Waals surface area contributed by atoms with Gasteiger partial charge in [0.1, 0.15) is 23.5 Å². The van der Waals surface area contributed by atoms with Crippen molar-refractivity contribution in [1.29, 1.82) is 0 Å². The van der Waals surface area contributed by atoms with Crippen LogP contribution in [-0.4, -0.2) is 87.1 Å². The number of aromatic nitrogens is 2. The first-order valence-corrected chi connectivity index (χ1v) is 15.9. The molecule has 3 aromatic rings. The monoisotopic (exact) mass is 617 g/mol. The van der Waals surface area contributed by atoms with Gasteiger partial charge in [-0.25, -0.2) is 4.79 Å². The van der Waals surface area contributed by atoms with Crippen molar-refractivity contribution in [3.63, 3.8) is 0 Å². The Labute approximate surface area is 264 Å². The molecule has 6 rings (SSSR count). The lowest BCUT2D eigenvalue weighted by Gasteiger charge is -2.46. The van der Waals surface area contributed by atoms with E-state index >= 15 is 0 Å². The lowest BCUT2D eigenvalue weighted by molar-refractivity contribution is -0.142. The predicted molar refractivity (Wildman–Crippen MR) is 168 cm³/mol. The van der Waals surface area contributed by atoms with E-state index in [1.165, 1.54) is 11.1 Å². The van der Waals surface area contributed by atoms with E-state index in [-0.39, 0.29) is 18.1 Å². The largest absolute Gasteiger partial charge is 0.487 e. The molecule has 0 bridgehead atoms. The molecule has 2 fully saturated rings. The van der Waals surface area contributed by atoms with E-state index < -0.39 is 17.7 Å². The summed E-state index contributed by atoms with van der Waals surface area (Å²) in [5.74, 6) is 0.593. The maximum atomic E-state index is 14.4. The lowest BCUT2D eigenvalue weighted by Crippen LogP contribution is -2.63. The fourth-order valence-electron chi connectivity index (χ4n) is 6.60. The number of nitrogens with zero attached hydrogens (tertiary/aromatic N) is 5. The van der Waals surface area contributed by atoms with E-state index in [0.717, 1.165) is 36.9 Å². The summed E-state index contributed by atoms with van der Waals surface area (Å²) in [4.78, 5) is 42.7. The number of benzene rings is 1. The molecule has 2 saturated heterocycles. The molecular weight excluding hydrogens is 578 g/mol. The van der Waals surface area contributed by atoms with Crippen molar-refractivity contribution in [1.82, 2.24) is 24.7 Å². The molecule has 4 heterocycles. The van der Waals surface area contributed by atoms with Crippen LogP contribution in [-0.2, 0) is 22.4 Å². The maximum Gasteiger partial charge on any atom is 0.411 e. The van der Waals surface area contributed by atoms with Crippen molar-refractivity contribution in [3.8, 4) is 5.75 Å².